The molecular weight excluding hydrogens is 288 g/mol. The largest absolute Gasteiger partial charge is 0.409 e. The van der Waals surface area contributed by atoms with Gasteiger partial charge < -0.3 is 16.3 Å². The van der Waals surface area contributed by atoms with E-state index in [9.17, 15) is 4.79 Å². The molecule has 0 aromatic carbocycles. The van der Waals surface area contributed by atoms with Crippen LogP contribution in [0.25, 0.3) is 0 Å². The first kappa shape index (κ1) is 13.4. The van der Waals surface area contributed by atoms with Crippen molar-refractivity contribution in [3.63, 3.8) is 0 Å². The molecule has 0 aliphatic heterocycles. The van der Waals surface area contributed by atoms with Crippen LogP contribution in [0.4, 0.5) is 0 Å². The Hall–Kier alpha value is -1.63. The molecule has 4 N–H and O–H groups in total. The molecule has 1 amide bonds. The van der Waals surface area contributed by atoms with Gasteiger partial charge in [-0.05, 0) is 34.5 Å². The Morgan fingerprint density at radius 2 is 2.35 bits per heavy atom. The predicted molar refractivity (Wildman–Crippen MR) is 66.9 cm³/mol. The lowest BCUT2D eigenvalue weighted by molar-refractivity contribution is 0.0948. The SMILES string of the molecule is NC(CCCNC(=O)c1ccc(Br)cn1)=NO. The van der Waals surface area contributed by atoms with Gasteiger partial charge in [0.25, 0.3) is 5.91 Å². The zero-order valence-corrected chi connectivity index (χ0v) is 10.6. The van der Waals surface area contributed by atoms with Crippen LogP contribution in [0.5, 0.6) is 0 Å². The summed E-state index contributed by atoms with van der Waals surface area (Å²) < 4.78 is 0.820. The second-order valence-electron chi connectivity index (χ2n) is 3.31. The number of halogens is 1. The van der Waals surface area contributed by atoms with Crippen LogP contribution >= 0.6 is 15.9 Å². The fraction of sp³-hybridized carbons (Fsp3) is 0.300. The molecule has 0 saturated carbocycles. The molecule has 92 valence electrons. The lowest BCUT2D eigenvalue weighted by Crippen LogP contribution is -2.26. The maximum atomic E-state index is 11.6. The van der Waals surface area contributed by atoms with E-state index in [2.05, 4.69) is 31.4 Å². The maximum absolute atomic E-state index is 11.6. The van der Waals surface area contributed by atoms with Gasteiger partial charge in [-0.25, -0.2) is 4.98 Å². The van der Waals surface area contributed by atoms with Crippen LogP contribution in [0.2, 0.25) is 0 Å². The zero-order chi connectivity index (χ0) is 12.7. The van der Waals surface area contributed by atoms with Gasteiger partial charge in [0, 0.05) is 23.6 Å². The van der Waals surface area contributed by atoms with Crippen molar-refractivity contribution in [3.8, 4) is 0 Å². The van der Waals surface area contributed by atoms with Gasteiger partial charge in [0.15, 0.2) is 0 Å². The molecule has 0 saturated heterocycles. The van der Waals surface area contributed by atoms with Crippen molar-refractivity contribution < 1.29 is 10.0 Å². The number of nitrogens with two attached hydrogens (primary N) is 1. The summed E-state index contributed by atoms with van der Waals surface area (Å²) in [6, 6.07) is 3.38. The summed E-state index contributed by atoms with van der Waals surface area (Å²) >= 11 is 3.24. The number of aromatic nitrogens is 1. The van der Waals surface area contributed by atoms with Gasteiger partial charge in [-0.2, -0.15) is 0 Å². The molecule has 7 heteroatoms. The highest BCUT2D eigenvalue weighted by molar-refractivity contribution is 9.10. The third kappa shape index (κ3) is 4.81. The van der Waals surface area contributed by atoms with Gasteiger partial charge in [0.2, 0.25) is 0 Å². The van der Waals surface area contributed by atoms with E-state index < -0.39 is 0 Å². The molecule has 0 bridgehead atoms. The monoisotopic (exact) mass is 300 g/mol. The van der Waals surface area contributed by atoms with Gasteiger partial charge in [-0.1, -0.05) is 5.16 Å². The first-order chi connectivity index (χ1) is 8.13. The van der Waals surface area contributed by atoms with Crippen LogP contribution in [0.3, 0.4) is 0 Å². The number of carbonyl (C=O) groups excluding carboxylic acids is 1. The molecule has 1 aromatic heterocycles. The van der Waals surface area contributed by atoms with Crippen molar-refractivity contribution in [2.45, 2.75) is 12.8 Å². The number of hydrogen-bond donors (Lipinski definition) is 3. The Morgan fingerprint density at radius 1 is 1.59 bits per heavy atom. The fourth-order valence-corrected chi connectivity index (χ4v) is 1.36. The topological polar surface area (TPSA) is 101 Å². The number of hydrogen-bond acceptors (Lipinski definition) is 4. The summed E-state index contributed by atoms with van der Waals surface area (Å²) in [6.45, 7) is 0.451. The summed E-state index contributed by atoms with van der Waals surface area (Å²) in [4.78, 5) is 15.5. The van der Waals surface area contributed by atoms with Gasteiger partial charge in [0.05, 0.1) is 0 Å². The zero-order valence-electron chi connectivity index (χ0n) is 9.06. The number of oxime groups is 1. The number of carbonyl (C=O) groups is 1. The molecule has 6 nitrogen and oxygen atoms in total. The van der Waals surface area contributed by atoms with E-state index in [0.717, 1.165) is 4.47 Å². The van der Waals surface area contributed by atoms with Crippen LogP contribution in [0, 0.1) is 0 Å². The molecule has 0 aliphatic rings. The van der Waals surface area contributed by atoms with Crippen LogP contribution in [-0.2, 0) is 0 Å². The van der Waals surface area contributed by atoms with Crippen molar-refractivity contribution in [1.82, 2.24) is 10.3 Å². The molecule has 0 fully saturated rings. The lowest BCUT2D eigenvalue weighted by atomic mass is 10.3. The van der Waals surface area contributed by atoms with Gasteiger partial charge in [-0.3, -0.25) is 4.79 Å². The highest BCUT2D eigenvalue weighted by atomic mass is 79.9. The second kappa shape index (κ2) is 6.85. The minimum atomic E-state index is -0.239. The van der Waals surface area contributed by atoms with Gasteiger partial charge in [-0.15, -0.1) is 0 Å². The molecule has 1 rings (SSSR count). The Bertz CT molecular complexity index is 405. The number of pyridine rings is 1. The van der Waals surface area contributed by atoms with E-state index in [1.807, 2.05) is 0 Å². The summed E-state index contributed by atoms with van der Waals surface area (Å²) in [5, 5.41) is 13.8. The quantitative estimate of drug-likeness (QED) is 0.249. The molecule has 0 spiro atoms. The minimum Gasteiger partial charge on any atom is -0.409 e. The summed E-state index contributed by atoms with van der Waals surface area (Å²) in [7, 11) is 0. The third-order valence-corrected chi connectivity index (χ3v) is 2.45. The van der Waals surface area contributed by atoms with E-state index in [4.69, 9.17) is 10.9 Å². The lowest BCUT2D eigenvalue weighted by Gasteiger charge is -2.04. The minimum absolute atomic E-state index is 0.154. The molecule has 1 aromatic rings. The molecule has 1 heterocycles. The maximum Gasteiger partial charge on any atom is 0.269 e. The van der Waals surface area contributed by atoms with E-state index in [1.165, 1.54) is 0 Å². The molecule has 0 atom stereocenters. The highest BCUT2D eigenvalue weighted by Gasteiger charge is 2.05. The number of nitrogens with one attached hydrogen (secondary N) is 1. The van der Waals surface area contributed by atoms with E-state index in [0.29, 0.717) is 25.1 Å². The molecule has 0 unspecified atom stereocenters. The normalized spacial score (nSPS) is 11.2. The highest BCUT2D eigenvalue weighted by Crippen LogP contribution is 2.07. The first-order valence-corrected chi connectivity index (χ1v) is 5.79. The molecule has 0 aliphatic carbocycles. The van der Waals surface area contributed by atoms with Crippen LogP contribution in [0.15, 0.2) is 28.0 Å². The van der Waals surface area contributed by atoms with Crippen LogP contribution in [0.1, 0.15) is 23.3 Å². The summed E-state index contributed by atoms with van der Waals surface area (Å²) in [5.41, 5.74) is 5.65. The van der Waals surface area contributed by atoms with E-state index >= 15 is 0 Å². The van der Waals surface area contributed by atoms with Crippen molar-refractivity contribution in [2.24, 2.45) is 10.9 Å². The predicted octanol–water partition coefficient (Wildman–Crippen LogP) is 1.10. The number of amides is 1. The summed E-state index contributed by atoms with van der Waals surface area (Å²) in [6.07, 6.45) is 2.61. The van der Waals surface area contributed by atoms with Crippen LogP contribution < -0.4 is 11.1 Å². The average Bonchev–Trinajstić information content (AvgIpc) is 2.34. The first-order valence-electron chi connectivity index (χ1n) is 4.99. The standard InChI is InChI=1S/C10H13BrN4O2/c11-7-3-4-8(14-6-7)10(16)13-5-1-2-9(12)15-17/h3-4,6,17H,1-2,5H2,(H2,12,15)(H,13,16). The van der Waals surface area contributed by atoms with Crippen molar-refractivity contribution >= 4 is 27.7 Å². The van der Waals surface area contributed by atoms with Crippen molar-refractivity contribution in [1.29, 1.82) is 0 Å². The van der Waals surface area contributed by atoms with Crippen LogP contribution in [-0.4, -0.2) is 28.5 Å². The molecule has 17 heavy (non-hydrogen) atoms. The van der Waals surface area contributed by atoms with E-state index in [-0.39, 0.29) is 11.7 Å². The van der Waals surface area contributed by atoms with Crippen molar-refractivity contribution in [3.05, 3.63) is 28.5 Å². The van der Waals surface area contributed by atoms with Crippen molar-refractivity contribution in [2.75, 3.05) is 6.54 Å². The Labute approximate surface area is 107 Å². The fourth-order valence-electron chi connectivity index (χ4n) is 1.12. The summed E-state index contributed by atoms with van der Waals surface area (Å²) in [5.74, 6) is -0.0852. The van der Waals surface area contributed by atoms with Gasteiger partial charge in [0.1, 0.15) is 11.5 Å². The molecular formula is C10H13BrN4O2. The Morgan fingerprint density at radius 3 is 2.94 bits per heavy atom. The smallest absolute Gasteiger partial charge is 0.269 e. The number of nitrogens with zero attached hydrogens (tertiary/aromatic N) is 2. The Kier molecular flexibility index (Phi) is 5.41. The Balaban J connectivity index is 2.33. The van der Waals surface area contributed by atoms with Gasteiger partial charge >= 0.3 is 0 Å². The number of amidine groups is 1. The second-order valence-corrected chi connectivity index (χ2v) is 4.23. The average molecular weight is 301 g/mol. The number of rotatable bonds is 5. The van der Waals surface area contributed by atoms with E-state index in [1.54, 1.807) is 18.3 Å². The third-order valence-electron chi connectivity index (χ3n) is 1.98. The molecule has 0 radical (unpaired) electrons.